The Hall–Kier alpha value is -1.35. The van der Waals surface area contributed by atoms with Crippen molar-refractivity contribution in [2.24, 2.45) is 41.2 Å². The van der Waals surface area contributed by atoms with Crippen molar-refractivity contribution in [2.75, 3.05) is 13.7 Å². The number of carbonyl (C=O) groups excluding carboxylic acids is 3. The van der Waals surface area contributed by atoms with Crippen molar-refractivity contribution in [3.8, 4) is 0 Å². The zero-order chi connectivity index (χ0) is 28.4. The topological polar surface area (TPSA) is 206 Å². The van der Waals surface area contributed by atoms with Gasteiger partial charge >= 0.3 is 0 Å². The molecule has 15 atom stereocenters. The third kappa shape index (κ3) is 4.71. The van der Waals surface area contributed by atoms with E-state index in [0.717, 1.165) is 6.42 Å². The van der Waals surface area contributed by atoms with Gasteiger partial charge in [0.25, 0.3) is 0 Å². The molecule has 0 aromatic carbocycles. The van der Waals surface area contributed by atoms with Crippen molar-refractivity contribution in [3.05, 3.63) is 0 Å². The van der Waals surface area contributed by atoms with Gasteiger partial charge in [-0.05, 0) is 32.1 Å². The molecule has 4 saturated carbocycles. The van der Waals surface area contributed by atoms with Gasteiger partial charge in [0.2, 0.25) is 0 Å². The van der Waals surface area contributed by atoms with E-state index in [9.17, 15) is 39.9 Å². The number of hydrogen-bond donors (Lipinski definition) is 6. The first kappa shape index (κ1) is 29.2. The van der Waals surface area contributed by atoms with Crippen LogP contribution in [0, 0.1) is 35.5 Å². The van der Waals surface area contributed by atoms with Gasteiger partial charge in [-0.1, -0.05) is 6.42 Å². The van der Waals surface area contributed by atoms with Crippen molar-refractivity contribution in [3.63, 3.8) is 0 Å². The van der Waals surface area contributed by atoms with E-state index in [4.69, 9.17) is 19.9 Å². The highest BCUT2D eigenvalue weighted by Crippen LogP contribution is 2.54. The Bertz CT molecular complexity index is 965. The highest BCUT2D eigenvalue weighted by atomic mass is 16.7. The first-order valence-electron chi connectivity index (χ1n) is 14.0. The Morgan fingerprint density at radius 3 is 2.36 bits per heavy atom. The summed E-state index contributed by atoms with van der Waals surface area (Å²) in [5.41, 5.74) is 3.90. The molecule has 0 aromatic heterocycles. The molecule has 39 heavy (non-hydrogen) atoms. The standard InChI is InChI=1S/C27H41NO11/c1-10-22(31)13(28)6-17(38-10)39-15-8-27(36,16(30)9-29)7-12-19(15)26(35)21-20(24(12)33)23(32)11-4-3-5-14(37-2)18(11)25(21)34/h10-15,17-23,25,29,31-32,34,36H,3-9,28H2,1-2H3/t10-,11?,12?,13-,14?,15-,17-,18?,19?,20?,21?,22+,23?,25?,27-/m0/s1. The SMILES string of the molecule is COC1CCCC2C(O)C3C(=O)C4C[C@@](O)(C(=O)CO)C[C@H](O[C@H]5C[C@H](N)[C@H](O)[C@H](C)O5)C4C(=O)C3C(O)C12. The van der Waals surface area contributed by atoms with Crippen LogP contribution in [0.4, 0.5) is 0 Å². The molecule has 0 radical (unpaired) electrons. The lowest BCUT2D eigenvalue weighted by Gasteiger charge is -2.57. The lowest BCUT2D eigenvalue weighted by Crippen LogP contribution is -2.69. The maximum atomic E-state index is 14.2. The quantitative estimate of drug-likeness (QED) is 0.219. The molecule has 4 aliphatic carbocycles. The van der Waals surface area contributed by atoms with E-state index in [2.05, 4.69) is 0 Å². The fourth-order valence-electron chi connectivity index (χ4n) is 8.28. The second kappa shape index (κ2) is 10.8. The third-order valence-electron chi connectivity index (χ3n) is 10.2. The summed E-state index contributed by atoms with van der Waals surface area (Å²) in [6.45, 7) is 0.647. The molecule has 0 bridgehead atoms. The number of Topliss-reactive ketones (excluding diaryl/α,β-unsaturated/α-hetero) is 3. The Morgan fingerprint density at radius 2 is 1.72 bits per heavy atom. The average Bonchev–Trinajstić information content (AvgIpc) is 2.90. The largest absolute Gasteiger partial charge is 0.392 e. The number of methoxy groups -OCH3 is 1. The maximum absolute atomic E-state index is 14.2. The molecule has 1 aliphatic heterocycles. The summed E-state index contributed by atoms with van der Waals surface area (Å²) in [5.74, 6) is -7.49. The Kier molecular flexibility index (Phi) is 8.08. The number of ether oxygens (including phenoxy) is 3. The number of nitrogens with two attached hydrogens (primary N) is 1. The van der Waals surface area contributed by atoms with Crippen LogP contribution in [-0.2, 0) is 28.6 Å². The van der Waals surface area contributed by atoms with E-state index in [1.165, 1.54) is 7.11 Å². The van der Waals surface area contributed by atoms with Crippen molar-refractivity contribution >= 4 is 17.3 Å². The van der Waals surface area contributed by atoms with Crippen LogP contribution in [0.3, 0.4) is 0 Å². The maximum Gasteiger partial charge on any atom is 0.189 e. The lowest BCUT2D eigenvalue weighted by molar-refractivity contribution is -0.262. The first-order valence-corrected chi connectivity index (χ1v) is 14.0. The van der Waals surface area contributed by atoms with Crippen LogP contribution in [0.5, 0.6) is 0 Å². The molecule has 12 heteroatoms. The van der Waals surface area contributed by atoms with Gasteiger partial charge in [0.1, 0.15) is 23.8 Å². The number of aliphatic hydroxyl groups excluding tert-OH is 4. The van der Waals surface area contributed by atoms with Crippen LogP contribution in [0.2, 0.25) is 0 Å². The summed E-state index contributed by atoms with van der Waals surface area (Å²) in [6.07, 6.45) is -5.29. The van der Waals surface area contributed by atoms with Gasteiger partial charge in [0.15, 0.2) is 12.1 Å². The van der Waals surface area contributed by atoms with Gasteiger partial charge < -0.3 is 45.5 Å². The molecular weight excluding hydrogens is 514 g/mol. The van der Waals surface area contributed by atoms with E-state index in [1.54, 1.807) is 6.92 Å². The number of hydrogen-bond acceptors (Lipinski definition) is 12. The molecule has 0 spiro atoms. The summed E-state index contributed by atoms with van der Waals surface area (Å²) in [5, 5.41) is 54.0. The second-order valence-electron chi connectivity index (χ2n) is 12.3. The molecule has 12 nitrogen and oxygen atoms in total. The summed E-state index contributed by atoms with van der Waals surface area (Å²) in [6, 6.07) is -0.686. The van der Waals surface area contributed by atoms with Gasteiger partial charge in [-0.2, -0.15) is 0 Å². The number of carbonyl (C=O) groups is 3. The smallest absolute Gasteiger partial charge is 0.189 e. The van der Waals surface area contributed by atoms with E-state index in [1.807, 2.05) is 0 Å². The molecule has 1 heterocycles. The van der Waals surface area contributed by atoms with Gasteiger partial charge in [-0.3, -0.25) is 14.4 Å². The zero-order valence-corrected chi connectivity index (χ0v) is 22.3. The minimum absolute atomic E-state index is 0.0700. The number of aliphatic hydroxyl groups is 5. The Morgan fingerprint density at radius 1 is 1.03 bits per heavy atom. The average molecular weight is 556 g/mol. The normalized spacial score (nSPS) is 52.0. The number of rotatable bonds is 5. The highest BCUT2D eigenvalue weighted by Gasteiger charge is 2.66. The number of fused-ring (bicyclic) bond motifs is 3. The van der Waals surface area contributed by atoms with Gasteiger partial charge in [0, 0.05) is 37.8 Å². The van der Waals surface area contributed by atoms with E-state index >= 15 is 0 Å². The third-order valence-corrected chi connectivity index (χ3v) is 10.2. The summed E-state index contributed by atoms with van der Waals surface area (Å²) in [7, 11) is 1.53. The Balaban J connectivity index is 1.50. The van der Waals surface area contributed by atoms with Crippen LogP contribution >= 0.6 is 0 Å². The van der Waals surface area contributed by atoms with Gasteiger partial charge in [-0.15, -0.1) is 0 Å². The second-order valence-corrected chi connectivity index (χ2v) is 12.3. The molecule has 5 fully saturated rings. The predicted octanol–water partition coefficient (Wildman–Crippen LogP) is -1.94. The van der Waals surface area contributed by atoms with Gasteiger partial charge in [0.05, 0.1) is 54.4 Å². The molecule has 5 rings (SSSR count). The van der Waals surface area contributed by atoms with Crippen LogP contribution in [0.1, 0.15) is 45.4 Å². The molecule has 0 amide bonds. The van der Waals surface area contributed by atoms with Crippen molar-refractivity contribution in [1.82, 2.24) is 0 Å². The summed E-state index contributed by atoms with van der Waals surface area (Å²) < 4.78 is 17.5. The fourth-order valence-corrected chi connectivity index (χ4v) is 8.28. The van der Waals surface area contributed by atoms with Crippen LogP contribution < -0.4 is 5.73 Å². The van der Waals surface area contributed by atoms with Crippen molar-refractivity contribution in [1.29, 1.82) is 0 Å². The highest BCUT2D eigenvalue weighted by molar-refractivity contribution is 6.02. The summed E-state index contributed by atoms with van der Waals surface area (Å²) >= 11 is 0. The minimum atomic E-state index is -2.14. The Labute approximate surface area is 226 Å². The van der Waals surface area contributed by atoms with Gasteiger partial charge in [-0.25, -0.2) is 0 Å². The monoisotopic (exact) mass is 555 g/mol. The first-order chi connectivity index (χ1) is 18.4. The predicted molar refractivity (Wildman–Crippen MR) is 132 cm³/mol. The zero-order valence-electron chi connectivity index (χ0n) is 22.3. The molecule has 0 aromatic rings. The van der Waals surface area contributed by atoms with E-state index < -0.39 is 114 Å². The molecule has 9 unspecified atom stereocenters. The molecule has 5 aliphatic rings. The van der Waals surface area contributed by atoms with E-state index in [0.29, 0.717) is 12.8 Å². The minimum Gasteiger partial charge on any atom is -0.392 e. The van der Waals surface area contributed by atoms with E-state index in [-0.39, 0.29) is 18.9 Å². The van der Waals surface area contributed by atoms with Crippen LogP contribution in [-0.4, -0.2) is 111 Å². The lowest BCUT2D eigenvalue weighted by atomic mass is 9.49. The van der Waals surface area contributed by atoms with Crippen molar-refractivity contribution < 1.29 is 54.1 Å². The molecular formula is C27H41NO11. The number of ketones is 3. The fraction of sp³-hybridized carbons (Fsp3) is 0.889. The molecule has 7 N–H and O–H groups in total. The molecule has 220 valence electrons. The molecule has 1 saturated heterocycles. The van der Waals surface area contributed by atoms with Crippen molar-refractivity contribution in [2.45, 2.75) is 100 Å². The van der Waals surface area contributed by atoms with Crippen LogP contribution in [0.25, 0.3) is 0 Å². The van der Waals surface area contributed by atoms with Crippen LogP contribution in [0.15, 0.2) is 0 Å². The summed E-state index contributed by atoms with van der Waals surface area (Å²) in [4.78, 5) is 40.9.